The molecule has 0 aliphatic carbocycles. The molecule has 0 bridgehead atoms. The molecule has 3 heterocycles. The van der Waals surface area contributed by atoms with Crippen LogP contribution in [0.5, 0.6) is 0 Å². The number of allylic oxidation sites excluding steroid dienone is 1. The standard InChI is InChI=1S/C23H21N5O/c29-23(18-8-3-1-4-9-18)26-16-20(17-26)27-15-7-12-21(25-27)22-13-14-24-28(22)19-10-5-2-6-11-19/h1-14,20H,15-17H2. The number of para-hydroxylation sites is 1. The molecule has 1 fully saturated rings. The third-order valence-electron chi connectivity index (χ3n) is 5.30. The molecule has 0 radical (unpaired) electrons. The Morgan fingerprint density at radius 1 is 0.931 bits per heavy atom. The van der Waals surface area contributed by atoms with Crippen LogP contribution in [0.2, 0.25) is 0 Å². The van der Waals surface area contributed by atoms with Crippen LogP contribution in [0.1, 0.15) is 16.1 Å². The van der Waals surface area contributed by atoms with Gasteiger partial charge in [0.05, 0.1) is 30.2 Å². The Bertz CT molecular complexity index is 1060. The van der Waals surface area contributed by atoms with Gasteiger partial charge in [-0.2, -0.15) is 10.2 Å². The van der Waals surface area contributed by atoms with E-state index in [0.717, 1.165) is 29.2 Å². The van der Waals surface area contributed by atoms with E-state index in [1.807, 2.05) is 82.4 Å². The highest BCUT2D eigenvalue weighted by molar-refractivity contribution is 6.08. The lowest BCUT2D eigenvalue weighted by molar-refractivity contribution is 0.0304. The summed E-state index contributed by atoms with van der Waals surface area (Å²) in [5.74, 6) is 0.0840. The maximum absolute atomic E-state index is 12.6. The van der Waals surface area contributed by atoms with Crippen LogP contribution in [0.4, 0.5) is 0 Å². The molecule has 29 heavy (non-hydrogen) atoms. The molecule has 144 valence electrons. The van der Waals surface area contributed by atoms with Gasteiger partial charge in [0.2, 0.25) is 0 Å². The number of carbonyl (C=O) groups is 1. The summed E-state index contributed by atoms with van der Waals surface area (Å²) in [7, 11) is 0. The third-order valence-corrected chi connectivity index (χ3v) is 5.30. The first-order valence-electron chi connectivity index (χ1n) is 9.75. The zero-order valence-corrected chi connectivity index (χ0v) is 15.9. The van der Waals surface area contributed by atoms with Crippen molar-refractivity contribution in [3.63, 3.8) is 0 Å². The number of likely N-dealkylation sites (tertiary alicyclic amines) is 1. The SMILES string of the molecule is O=C(c1ccccc1)N1CC(N2CC=CC(c3ccnn3-c3ccccc3)=N2)C1. The lowest BCUT2D eigenvalue weighted by Crippen LogP contribution is -2.60. The molecule has 6 nitrogen and oxygen atoms in total. The predicted molar refractivity (Wildman–Crippen MR) is 112 cm³/mol. The van der Waals surface area contributed by atoms with Crippen molar-refractivity contribution in [3.8, 4) is 5.69 Å². The minimum Gasteiger partial charge on any atom is -0.334 e. The van der Waals surface area contributed by atoms with E-state index in [1.165, 1.54) is 0 Å². The number of hydrogen-bond acceptors (Lipinski definition) is 4. The van der Waals surface area contributed by atoms with E-state index in [-0.39, 0.29) is 11.9 Å². The summed E-state index contributed by atoms with van der Waals surface area (Å²) in [6, 6.07) is 21.7. The zero-order chi connectivity index (χ0) is 19.6. The van der Waals surface area contributed by atoms with Crippen LogP contribution >= 0.6 is 0 Å². The molecule has 2 aliphatic heterocycles. The summed E-state index contributed by atoms with van der Waals surface area (Å²) in [5, 5.41) is 11.4. The monoisotopic (exact) mass is 383 g/mol. The lowest BCUT2D eigenvalue weighted by atomic mass is 10.1. The summed E-state index contributed by atoms with van der Waals surface area (Å²) in [4.78, 5) is 14.4. The summed E-state index contributed by atoms with van der Waals surface area (Å²) in [6.07, 6.45) is 5.95. The molecule has 0 unspecified atom stereocenters. The molecular weight excluding hydrogens is 362 g/mol. The smallest absolute Gasteiger partial charge is 0.253 e. The van der Waals surface area contributed by atoms with Gasteiger partial charge in [0, 0.05) is 18.7 Å². The molecule has 1 saturated heterocycles. The average Bonchev–Trinajstić information content (AvgIpc) is 3.24. The Kier molecular flexibility index (Phi) is 4.44. The van der Waals surface area contributed by atoms with Gasteiger partial charge in [0.15, 0.2) is 0 Å². The molecule has 0 N–H and O–H groups in total. The summed E-state index contributed by atoms with van der Waals surface area (Å²) >= 11 is 0. The number of aromatic nitrogens is 2. The number of benzene rings is 2. The van der Waals surface area contributed by atoms with Crippen molar-refractivity contribution in [2.24, 2.45) is 5.10 Å². The number of nitrogens with zero attached hydrogens (tertiary/aromatic N) is 5. The van der Waals surface area contributed by atoms with Gasteiger partial charge in [-0.1, -0.05) is 42.5 Å². The summed E-state index contributed by atoms with van der Waals surface area (Å²) < 4.78 is 1.90. The van der Waals surface area contributed by atoms with Gasteiger partial charge in [0.25, 0.3) is 5.91 Å². The zero-order valence-electron chi connectivity index (χ0n) is 15.9. The number of amides is 1. The van der Waals surface area contributed by atoms with Crippen LogP contribution in [0, 0.1) is 0 Å². The molecule has 0 spiro atoms. The highest BCUT2D eigenvalue weighted by Gasteiger charge is 2.35. The average molecular weight is 383 g/mol. The third kappa shape index (κ3) is 3.33. The van der Waals surface area contributed by atoms with E-state index in [9.17, 15) is 4.79 Å². The fourth-order valence-electron chi connectivity index (χ4n) is 3.70. The minimum atomic E-state index is 0.0840. The van der Waals surface area contributed by atoms with Crippen LogP contribution in [-0.2, 0) is 0 Å². The molecule has 2 aliphatic rings. The van der Waals surface area contributed by atoms with Gasteiger partial charge in [-0.05, 0) is 36.4 Å². The molecule has 3 aromatic rings. The summed E-state index contributed by atoms with van der Waals surface area (Å²) in [6.45, 7) is 2.13. The maximum atomic E-state index is 12.6. The second-order valence-corrected chi connectivity index (χ2v) is 7.20. The van der Waals surface area contributed by atoms with Gasteiger partial charge < -0.3 is 4.90 Å². The summed E-state index contributed by atoms with van der Waals surface area (Å²) in [5.41, 5.74) is 3.57. The van der Waals surface area contributed by atoms with E-state index in [2.05, 4.69) is 16.2 Å². The molecule has 0 saturated carbocycles. The second kappa shape index (κ2) is 7.39. The molecule has 1 amide bonds. The fraction of sp³-hybridized carbons (Fsp3) is 0.174. The van der Waals surface area contributed by atoms with Crippen LogP contribution in [0.3, 0.4) is 0 Å². The van der Waals surface area contributed by atoms with Crippen LogP contribution in [0.25, 0.3) is 5.69 Å². The van der Waals surface area contributed by atoms with Crippen LogP contribution in [0.15, 0.2) is 90.2 Å². The second-order valence-electron chi connectivity index (χ2n) is 7.20. The molecule has 6 heteroatoms. The first kappa shape index (κ1) is 17.4. The van der Waals surface area contributed by atoms with Gasteiger partial charge in [-0.25, -0.2) is 4.68 Å². The van der Waals surface area contributed by atoms with Gasteiger partial charge in [-0.15, -0.1) is 0 Å². The normalized spacial score (nSPS) is 16.5. The van der Waals surface area contributed by atoms with Crippen LogP contribution in [-0.4, -0.2) is 57.0 Å². The van der Waals surface area contributed by atoms with E-state index >= 15 is 0 Å². The van der Waals surface area contributed by atoms with E-state index in [4.69, 9.17) is 5.10 Å². The molecule has 1 aromatic heterocycles. The van der Waals surface area contributed by atoms with Crippen molar-refractivity contribution in [1.29, 1.82) is 0 Å². The van der Waals surface area contributed by atoms with Crippen molar-refractivity contribution in [1.82, 2.24) is 19.7 Å². The Balaban J connectivity index is 1.31. The quantitative estimate of drug-likeness (QED) is 0.696. The van der Waals surface area contributed by atoms with Gasteiger partial charge in [0.1, 0.15) is 5.71 Å². The lowest BCUT2D eigenvalue weighted by Gasteiger charge is -2.44. The molecule has 2 aromatic carbocycles. The minimum absolute atomic E-state index is 0.0840. The van der Waals surface area contributed by atoms with Crippen molar-refractivity contribution in [3.05, 3.63) is 96.3 Å². The largest absolute Gasteiger partial charge is 0.334 e. The fourth-order valence-corrected chi connectivity index (χ4v) is 3.70. The van der Waals surface area contributed by atoms with Crippen molar-refractivity contribution in [2.75, 3.05) is 19.6 Å². The van der Waals surface area contributed by atoms with Crippen molar-refractivity contribution in [2.45, 2.75) is 6.04 Å². The number of hydrazone groups is 1. The van der Waals surface area contributed by atoms with E-state index < -0.39 is 0 Å². The number of carbonyl (C=O) groups excluding carboxylic acids is 1. The van der Waals surface area contributed by atoms with Gasteiger partial charge in [-0.3, -0.25) is 9.80 Å². The Morgan fingerprint density at radius 2 is 1.66 bits per heavy atom. The maximum Gasteiger partial charge on any atom is 0.253 e. The number of hydrogen-bond donors (Lipinski definition) is 0. The molecule has 5 rings (SSSR count). The number of rotatable bonds is 4. The highest BCUT2D eigenvalue weighted by atomic mass is 16.2. The van der Waals surface area contributed by atoms with Gasteiger partial charge >= 0.3 is 0 Å². The Morgan fingerprint density at radius 3 is 2.41 bits per heavy atom. The Hall–Kier alpha value is -3.67. The highest BCUT2D eigenvalue weighted by Crippen LogP contribution is 2.21. The topological polar surface area (TPSA) is 53.7 Å². The van der Waals surface area contributed by atoms with E-state index in [1.54, 1.807) is 6.20 Å². The molecule has 0 atom stereocenters. The predicted octanol–water partition coefficient (Wildman–Crippen LogP) is 2.97. The van der Waals surface area contributed by atoms with Crippen molar-refractivity contribution >= 4 is 11.6 Å². The molecular formula is C23H21N5O. The Labute approximate surface area is 169 Å². The van der Waals surface area contributed by atoms with Crippen LogP contribution < -0.4 is 0 Å². The van der Waals surface area contributed by atoms with Crippen molar-refractivity contribution < 1.29 is 4.79 Å². The first-order valence-corrected chi connectivity index (χ1v) is 9.75. The van der Waals surface area contributed by atoms with E-state index in [0.29, 0.717) is 13.1 Å². The first-order chi connectivity index (χ1) is 14.3.